The smallest absolute Gasteiger partial charge is 0.347 e. The van der Waals surface area contributed by atoms with Gasteiger partial charge in [0, 0.05) is 5.69 Å². The number of hydrogen-bond donors (Lipinski definition) is 4. The summed E-state index contributed by atoms with van der Waals surface area (Å²) < 4.78 is 5.31. The van der Waals surface area contributed by atoms with E-state index >= 15 is 0 Å². The Balaban J connectivity index is 1.77. The van der Waals surface area contributed by atoms with Gasteiger partial charge in [-0.3, -0.25) is 0 Å². The monoisotopic (exact) mass is 336 g/mol. The van der Waals surface area contributed by atoms with E-state index in [1.54, 1.807) is 12.1 Å². The van der Waals surface area contributed by atoms with Crippen molar-refractivity contribution in [3.63, 3.8) is 0 Å². The van der Waals surface area contributed by atoms with Crippen molar-refractivity contribution in [3.05, 3.63) is 42.0 Å². The number of carbonyl (C=O) groups excluding carboxylic acids is 1. The van der Waals surface area contributed by atoms with E-state index in [1.807, 2.05) is 24.3 Å². The molecule has 2 aromatic heterocycles. The quantitative estimate of drug-likeness (QED) is 0.318. The molecule has 6 N–H and O–H groups in total. The van der Waals surface area contributed by atoms with Gasteiger partial charge in [-0.2, -0.15) is 15.0 Å². The summed E-state index contributed by atoms with van der Waals surface area (Å²) in [4.78, 5) is 26.5. The Bertz CT molecular complexity index is 1140. The van der Waals surface area contributed by atoms with Crippen LogP contribution in [0.15, 0.2) is 36.4 Å². The normalized spacial score (nSPS) is 11.0. The number of imidazole rings is 1. The highest BCUT2D eigenvalue weighted by atomic mass is 16.5. The maximum Gasteiger partial charge on any atom is 0.347 e. The molecule has 9 heteroatoms. The Morgan fingerprint density at radius 3 is 2.56 bits per heavy atom. The van der Waals surface area contributed by atoms with Crippen molar-refractivity contribution in [1.29, 1.82) is 0 Å². The summed E-state index contributed by atoms with van der Waals surface area (Å²) in [6.07, 6.45) is 0. The molecule has 0 bridgehead atoms. The van der Waals surface area contributed by atoms with Gasteiger partial charge < -0.3 is 26.3 Å². The molecule has 124 valence electrons. The van der Waals surface area contributed by atoms with Crippen molar-refractivity contribution < 1.29 is 14.6 Å². The summed E-state index contributed by atoms with van der Waals surface area (Å²) in [6, 6.07) is 10.4. The number of hydrogen-bond acceptors (Lipinski definition) is 8. The lowest BCUT2D eigenvalue weighted by molar-refractivity contribution is 0.0731. The molecule has 0 fully saturated rings. The number of rotatable bonds is 2. The summed E-state index contributed by atoms with van der Waals surface area (Å²) in [5, 5.41) is 11.2. The van der Waals surface area contributed by atoms with Crippen LogP contribution in [0.3, 0.4) is 0 Å². The van der Waals surface area contributed by atoms with Crippen LogP contribution in [0.1, 0.15) is 10.4 Å². The second-order valence-corrected chi connectivity index (χ2v) is 5.32. The van der Waals surface area contributed by atoms with Crippen molar-refractivity contribution in [3.8, 4) is 11.9 Å². The first-order valence-electron chi connectivity index (χ1n) is 7.24. The van der Waals surface area contributed by atoms with Crippen LogP contribution in [0.25, 0.3) is 21.9 Å². The minimum Gasteiger partial charge on any atom is -0.480 e. The van der Waals surface area contributed by atoms with E-state index in [2.05, 4.69) is 19.9 Å². The number of nitrogens with two attached hydrogens (primary N) is 2. The first kappa shape index (κ1) is 14.7. The molecule has 25 heavy (non-hydrogen) atoms. The Morgan fingerprint density at radius 1 is 1.08 bits per heavy atom. The summed E-state index contributed by atoms with van der Waals surface area (Å²) in [5.74, 6) is -1.00. The number of nitrogens with zero attached hydrogens (tertiary/aromatic N) is 3. The zero-order chi connectivity index (χ0) is 17.6. The lowest BCUT2D eigenvalue weighted by atomic mass is 10.1. The van der Waals surface area contributed by atoms with Crippen LogP contribution in [0, 0.1) is 0 Å². The van der Waals surface area contributed by atoms with Crippen LogP contribution in [-0.4, -0.2) is 31.0 Å². The van der Waals surface area contributed by atoms with Gasteiger partial charge in [-0.05, 0) is 22.9 Å². The molecule has 0 saturated carbocycles. The average Bonchev–Trinajstić information content (AvgIpc) is 2.94. The highest BCUT2D eigenvalue weighted by molar-refractivity contribution is 6.02. The largest absolute Gasteiger partial charge is 0.480 e. The molecule has 4 rings (SSSR count). The predicted molar refractivity (Wildman–Crippen MR) is 91.1 cm³/mol. The lowest BCUT2D eigenvalue weighted by Crippen LogP contribution is -2.13. The molecule has 9 nitrogen and oxygen atoms in total. The summed E-state index contributed by atoms with van der Waals surface area (Å²) in [5.41, 5.74) is 12.2. The second kappa shape index (κ2) is 5.34. The van der Waals surface area contributed by atoms with Gasteiger partial charge in [0.25, 0.3) is 11.9 Å². The zero-order valence-electron chi connectivity index (χ0n) is 12.7. The van der Waals surface area contributed by atoms with Gasteiger partial charge in [0.2, 0.25) is 5.95 Å². The van der Waals surface area contributed by atoms with Crippen molar-refractivity contribution in [2.45, 2.75) is 0 Å². The van der Waals surface area contributed by atoms with Crippen molar-refractivity contribution in [1.82, 2.24) is 19.9 Å². The zero-order valence-corrected chi connectivity index (χ0v) is 12.7. The van der Waals surface area contributed by atoms with E-state index in [4.69, 9.17) is 16.2 Å². The molecule has 0 saturated heterocycles. The molecule has 0 aliphatic carbocycles. The van der Waals surface area contributed by atoms with Gasteiger partial charge in [0.1, 0.15) is 0 Å². The number of carbonyl (C=O) groups is 1. The number of H-pyrrole nitrogens is 1. The minimum atomic E-state index is -0.711. The minimum absolute atomic E-state index is 0.0827. The third-order valence-corrected chi connectivity index (χ3v) is 3.65. The molecule has 0 amide bonds. The maximum atomic E-state index is 12.5. The molecule has 0 atom stereocenters. The van der Waals surface area contributed by atoms with Gasteiger partial charge >= 0.3 is 5.97 Å². The number of esters is 1. The molecule has 0 aliphatic heterocycles. The van der Waals surface area contributed by atoms with Crippen LogP contribution < -0.4 is 16.2 Å². The van der Waals surface area contributed by atoms with Crippen molar-refractivity contribution in [2.24, 2.45) is 0 Å². The van der Waals surface area contributed by atoms with Crippen LogP contribution in [0.2, 0.25) is 0 Å². The van der Waals surface area contributed by atoms with E-state index in [-0.39, 0.29) is 34.2 Å². The number of anilines is 2. The molecular formula is C16H12N6O3. The number of ether oxygens (including phenoxy) is 1. The molecule has 4 aromatic rings. The number of nitrogens with one attached hydrogen (secondary N) is 1. The van der Waals surface area contributed by atoms with Crippen LogP contribution in [0.4, 0.5) is 11.6 Å². The summed E-state index contributed by atoms with van der Waals surface area (Å²) in [7, 11) is 0. The van der Waals surface area contributed by atoms with Gasteiger partial charge in [0.15, 0.2) is 11.2 Å². The van der Waals surface area contributed by atoms with E-state index < -0.39 is 12.0 Å². The average molecular weight is 336 g/mol. The molecule has 0 spiro atoms. The molecule has 2 aromatic carbocycles. The van der Waals surface area contributed by atoms with Crippen LogP contribution in [0.5, 0.6) is 11.9 Å². The van der Waals surface area contributed by atoms with Crippen molar-refractivity contribution >= 4 is 39.5 Å². The molecule has 2 heterocycles. The fourth-order valence-electron chi connectivity index (χ4n) is 2.53. The number of benzene rings is 2. The van der Waals surface area contributed by atoms with Gasteiger partial charge in [-0.25, -0.2) is 4.79 Å². The van der Waals surface area contributed by atoms with Crippen LogP contribution in [-0.2, 0) is 0 Å². The summed E-state index contributed by atoms with van der Waals surface area (Å²) >= 11 is 0. The fraction of sp³-hybridized carbons (Fsp3) is 0. The van der Waals surface area contributed by atoms with Gasteiger partial charge in [-0.1, -0.05) is 24.3 Å². The standard InChI is InChI=1S/C16H12N6O3/c17-10-6-8-4-2-1-3-7(8)5-9(10)14(23)25-13-11-12(20-15(18)22-13)21-16(24)19-11/h1-6H,17H2,(H4,18,19,20,21,22,24). The molecule has 0 aliphatic rings. The molecular weight excluding hydrogens is 324 g/mol. The third kappa shape index (κ3) is 2.53. The second-order valence-electron chi connectivity index (χ2n) is 5.32. The van der Waals surface area contributed by atoms with E-state index in [9.17, 15) is 9.90 Å². The van der Waals surface area contributed by atoms with Crippen LogP contribution >= 0.6 is 0 Å². The number of aromatic amines is 1. The Kier molecular flexibility index (Phi) is 3.14. The SMILES string of the molecule is Nc1nc(OC(=O)c2cc3ccccc3cc2N)c2[nH]c(O)nc2n1. The third-order valence-electron chi connectivity index (χ3n) is 3.65. The summed E-state index contributed by atoms with van der Waals surface area (Å²) in [6.45, 7) is 0. The molecule has 0 radical (unpaired) electrons. The van der Waals surface area contributed by atoms with E-state index in [1.165, 1.54) is 0 Å². The van der Waals surface area contributed by atoms with Gasteiger partial charge in [-0.15, -0.1) is 0 Å². The number of aromatic hydroxyl groups is 1. The van der Waals surface area contributed by atoms with E-state index in [0.717, 1.165) is 10.8 Å². The topological polar surface area (TPSA) is 153 Å². The highest BCUT2D eigenvalue weighted by Crippen LogP contribution is 2.26. The van der Waals surface area contributed by atoms with Gasteiger partial charge in [0.05, 0.1) is 5.56 Å². The number of aromatic nitrogens is 4. The predicted octanol–water partition coefficient (Wildman–Crippen LogP) is 1.60. The highest BCUT2D eigenvalue weighted by Gasteiger charge is 2.19. The molecule has 0 unspecified atom stereocenters. The first-order valence-corrected chi connectivity index (χ1v) is 7.24. The lowest BCUT2D eigenvalue weighted by Gasteiger charge is -2.08. The number of fused-ring (bicyclic) bond motifs is 2. The Labute approximate surface area is 140 Å². The Morgan fingerprint density at radius 2 is 1.80 bits per heavy atom. The first-order chi connectivity index (χ1) is 12.0. The fourth-order valence-corrected chi connectivity index (χ4v) is 2.53. The number of nitrogen functional groups attached to an aromatic ring is 2. The van der Waals surface area contributed by atoms with E-state index in [0.29, 0.717) is 0 Å². The Hall–Kier alpha value is -3.88. The maximum absolute atomic E-state index is 12.5. The van der Waals surface area contributed by atoms with Crippen molar-refractivity contribution in [2.75, 3.05) is 11.5 Å².